The standard InChI is InChI=1S/C22H23ClF2N2O3/c1-13-10-14(23)11-17(25)21(13)27-8-6-22(29,7-9-27)12-30-18-4-3-16(24)20-15(18)2-5-19(28)26-20/h3-4,10-11,29H,2,5-9,12H2,1H3,(H,26,28). The Morgan fingerprint density at radius 3 is 2.63 bits per heavy atom. The van der Waals surface area contributed by atoms with Crippen LogP contribution in [0, 0.1) is 18.6 Å². The molecule has 2 aromatic rings. The molecule has 0 spiro atoms. The second-order valence-electron chi connectivity index (χ2n) is 8.00. The number of benzene rings is 2. The maximum Gasteiger partial charge on any atom is 0.224 e. The maximum atomic E-state index is 14.4. The summed E-state index contributed by atoms with van der Waals surface area (Å²) < 4.78 is 34.3. The van der Waals surface area contributed by atoms with E-state index in [0.717, 1.165) is 5.56 Å². The molecule has 1 fully saturated rings. The van der Waals surface area contributed by atoms with E-state index in [0.29, 0.717) is 54.4 Å². The molecule has 0 saturated carbocycles. The molecule has 1 saturated heterocycles. The first-order valence-electron chi connectivity index (χ1n) is 9.93. The van der Waals surface area contributed by atoms with Gasteiger partial charge >= 0.3 is 0 Å². The highest BCUT2D eigenvalue weighted by atomic mass is 35.5. The van der Waals surface area contributed by atoms with Crippen molar-refractivity contribution < 1.29 is 23.4 Å². The minimum absolute atomic E-state index is 0.0366. The van der Waals surface area contributed by atoms with Gasteiger partial charge in [0.1, 0.15) is 29.6 Å². The third kappa shape index (κ3) is 4.09. The van der Waals surface area contributed by atoms with Gasteiger partial charge in [-0.15, -0.1) is 0 Å². The van der Waals surface area contributed by atoms with E-state index < -0.39 is 11.4 Å². The number of ether oxygens (including phenoxy) is 1. The Morgan fingerprint density at radius 1 is 1.20 bits per heavy atom. The number of hydrogen-bond acceptors (Lipinski definition) is 4. The minimum Gasteiger partial charge on any atom is -0.490 e. The third-order valence-electron chi connectivity index (χ3n) is 5.81. The Morgan fingerprint density at radius 2 is 1.93 bits per heavy atom. The summed E-state index contributed by atoms with van der Waals surface area (Å²) in [7, 11) is 0. The number of halogens is 3. The zero-order valence-electron chi connectivity index (χ0n) is 16.6. The Hall–Kier alpha value is -2.38. The first-order valence-corrected chi connectivity index (χ1v) is 10.3. The van der Waals surface area contributed by atoms with E-state index >= 15 is 0 Å². The lowest BCUT2D eigenvalue weighted by molar-refractivity contribution is -0.116. The minimum atomic E-state index is -1.08. The predicted molar refractivity (Wildman–Crippen MR) is 111 cm³/mol. The molecule has 0 radical (unpaired) electrons. The fourth-order valence-corrected chi connectivity index (χ4v) is 4.42. The van der Waals surface area contributed by atoms with E-state index in [-0.39, 0.29) is 30.4 Å². The van der Waals surface area contributed by atoms with Gasteiger partial charge in [0.2, 0.25) is 5.91 Å². The largest absolute Gasteiger partial charge is 0.490 e. The average Bonchev–Trinajstić information content (AvgIpc) is 2.69. The molecule has 160 valence electrons. The Labute approximate surface area is 178 Å². The van der Waals surface area contributed by atoms with Crippen LogP contribution in [0.25, 0.3) is 0 Å². The maximum absolute atomic E-state index is 14.4. The van der Waals surface area contributed by atoms with Gasteiger partial charge in [-0.3, -0.25) is 4.79 Å². The predicted octanol–water partition coefficient (Wildman–Crippen LogP) is 4.22. The normalized spacial score (nSPS) is 18.0. The molecular weight excluding hydrogens is 414 g/mol. The number of fused-ring (bicyclic) bond motifs is 1. The summed E-state index contributed by atoms with van der Waals surface area (Å²) in [5.74, 6) is -0.643. The van der Waals surface area contributed by atoms with Crippen molar-refractivity contribution in [1.82, 2.24) is 0 Å². The summed E-state index contributed by atoms with van der Waals surface area (Å²) in [4.78, 5) is 13.5. The van der Waals surface area contributed by atoms with Gasteiger partial charge in [-0.25, -0.2) is 8.78 Å². The molecule has 2 aliphatic heterocycles. The van der Waals surface area contributed by atoms with Crippen LogP contribution >= 0.6 is 11.6 Å². The molecule has 8 heteroatoms. The Balaban J connectivity index is 1.43. The molecule has 0 bridgehead atoms. The van der Waals surface area contributed by atoms with Crippen LogP contribution in [-0.2, 0) is 11.2 Å². The summed E-state index contributed by atoms with van der Waals surface area (Å²) >= 11 is 5.91. The van der Waals surface area contributed by atoms with Crippen LogP contribution in [0.1, 0.15) is 30.4 Å². The van der Waals surface area contributed by atoms with Crippen molar-refractivity contribution in [1.29, 1.82) is 0 Å². The SMILES string of the molecule is Cc1cc(Cl)cc(F)c1N1CCC(O)(COc2ccc(F)c3c2CCC(=O)N3)CC1. The topological polar surface area (TPSA) is 61.8 Å². The van der Waals surface area contributed by atoms with Gasteiger partial charge in [-0.1, -0.05) is 11.6 Å². The molecule has 2 aromatic carbocycles. The molecule has 0 aliphatic carbocycles. The smallest absolute Gasteiger partial charge is 0.224 e. The Kier molecular flexibility index (Phi) is 5.59. The van der Waals surface area contributed by atoms with E-state index in [2.05, 4.69) is 5.32 Å². The second kappa shape index (κ2) is 8.04. The molecule has 0 aromatic heterocycles. The number of piperidine rings is 1. The molecule has 0 unspecified atom stereocenters. The van der Waals surface area contributed by atoms with Crippen molar-refractivity contribution in [3.05, 3.63) is 52.0 Å². The highest BCUT2D eigenvalue weighted by Gasteiger charge is 2.35. The van der Waals surface area contributed by atoms with Gasteiger partial charge in [0.25, 0.3) is 0 Å². The summed E-state index contributed by atoms with van der Waals surface area (Å²) in [6, 6.07) is 5.79. The van der Waals surface area contributed by atoms with Crippen LogP contribution in [0.15, 0.2) is 24.3 Å². The first kappa shape index (κ1) is 20.9. The number of nitrogens with one attached hydrogen (secondary N) is 1. The number of aryl methyl sites for hydroxylation is 1. The molecule has 2 aliphatic rings. The zero-order valence-corrected chi connectivity index (χ0v) is 17.4. The van der Waals surface area contributed by atoms with Crippen molar-refractivity contribution in [2.24, 2.45) is 0 Å². The van der Waals surface area contributed by atoms with E-state index in [4.69, 9.17) is 16.3 Å². The summed E-state index contributed by atoms with van der Waals surface area (Å²) in [5, 5.41) is 13.9. The van der Waals surface area contributed by atoms with E-state index in [1.165, 1.54) is 18.2 Å². The molecule has 0 atom stereocenters. The first-order chi connectivity index (χ1) is 14.3. The molecular formula is C22H23ClF2N2O3. The third-order valence-corrected chi connectivity index (χ3v) is 6.03. The van der Waals surface area contributed by atoms with Crippen LogP contribution in [0.4, 0.5) is 20.2 Å². The van der Waals surface area contributed by atoms with Crippen molar-refractivity contribution >= 4 is 28.9 Å². The second-order valence-corrected chi connectivity index (χ2v) is 8.44. The van der Waals surface area contributed by atoms with Gasteiger partial charge in [0.15, 0.2) is 0 Å². The van der Waals surface area contributed by atoms with Gasteiger partial charge in [0.05, 0.1) is 11.4 Å². The van der Waals surface area contributed by atoms with Gasteiger partial charge in [-0.2, -0.15) is 0 Å². The Bertz CT molecular complexity index is 968. The van der Waals surface area contributed by atoms with Crippen LogP contribution in [0.5, 0.6) is 5.75 Å². The number of carbonyl (C=O) groups excluding carboxylic acids is 1. The molecule has 4 rings (SSSR count). The fourth-order valence-electron chi connectivity index (χ4n) is 4.16. The van der Waals surface area contributed by atoms with Crippen molar-refractivity contribution in [2.45, 2.75) is 38.2 Å². The summed E-state index contributed by atoms with van der Waals surface area (Å²) in [6.07, 6.45) is 1.44. The number of amides is 1. The number of carbonyl (C=O) groups is 1. The van der Waals surface area contributed by atoms with E-state index in [1.54, 1.807) is 6.07 Å². The number of anilines is 2. The van der Waals surface area contributed by atoms with E-state index in [9.17, 15) is 18.7 Å². The summed E-state index contributed by atoms with van der Waals surface area (Å²) in [5.41, 5.74) is 0.938. The summed E-state index contributed by atoms with van der Waals surface area (Å²) in [6.45, 7) is 2.78. The fraction of sp³-hybridized carbons (Fsp3) is 0.409. The molecule has 5 nitrogen and oxygen atoms in total. The van der Waals surface area contributed by atoms with Crippen LogP contribution < -0.4 is 15.0 Å². The molecule has 2 N–H and O–H groups in total. The van der Waals surface area contributed by atoms with Gasteiger partial charge < -0.3 is 20.1 Å². The lowest BCUT2D eigenvalue weighted by atomic mass is 9.91. The number of rotatable bonds is 4. The average molecular weight is 437 g/mol. The number of aliphatic hydroxyl groups is 1. The van der Waals surface area contributed by atoms with Crippen molar-refractivity contribution in [3.8, 4) is 5.75 Å². The number of nitrogens with zero attached hydrogens (tertiary/aromatic N) is 1. The molecule has 2 heterocycles. The highest BCUT2D eigenvalue weighted by Crippen LogP contribution is 2.36. The van der Waals surface area contributed by atoms with Gasteiger partial charge in [-0.05, 0) is 56.0 Å². The van der Waals surface area contributed by atoms with Crippen LogP contribution in [0.2, 0.25) is 5.02 Å². The molecule has 1 amide bonds. The van der Waals surface area contributed by atoms with Crippen molar-refractivity contribution in [3.63, 3.8) is 0 Å². The van der Waals surface area contributed by atoms with Crippen LogP contribution in [-0.4, -0.2) is 36.3 Å². The molecule has 30 heavy (non-hydrogen) atoms. The van der Waals surface area contributed by atoms with Gasteiger partial charge in [0, 0.05) is 30.1 Å². The lowest BCUT2D eigenvalue weighted by Gasteiger charge is -2.39. The highest BCUT2D eigenvalue weighted by molar-refractivity contribution is 6.30. The zero-order chi connectivity index (χ0) is 21.5. The lowest BCUT2D eigenvalue weighted by Crippen LogP contribution is -2.48. The van der Waals surface area contributed by atoms with Crippen LogP contribution in [0.3, 0.4) is 0 Å². The quantitative estimate of drug-likeness (QED) is 0.753. The number of hydrogen-bond donors (Lipinski definition) is 2. The monoisotopic (exact) mass is 436 g/mol. The van der Waals surface area contributed by atoms with Crippen molar-refractivity contribution in [2.75, 3.05) is 29.9 Å². The van der Waals surface area contributed by atoms with E-state index in [1.807, 2.05) is 11.8 Å².